The molecule has 0 aliphatic rings. The van der Waals surface area contributed by atoms with Crippen LogP contribution in [0.1, 0.15) is 15.9 Å². The number of hydrogen-bond donors (Lipinski definition) is 1. The van der Waals surface area contributed by atoms with Crippen molar-refractivity contribution in [3.8, 4) is 5.75 Å². The van der Waals surface area contributed by atoms with Gasteiger partial charge in [-0.15, -0.1) is 0 Å². The van der Waals surface area contributed by atoms with Crippen molar-refractivity contribution in [3.05, 3.63) is 58.4 Å². The molecule has 2 aromatic rings. The SMILES string of the molecule is COc1ccc(C(=O)OCC(=O)Nc2ccc(Cl)cc2F)c(C)c1. The maximum atomic E-state index is 13.6. The van der Waals surface area contributed by atoms with Crippen LogP contribution in [-0.2, 0) is 9.53 Å². The summed E-state index contributed by atoms with van der Waals surface area (Å²) in [5.41, 5.74) is 0.936. The van der Waals surface area contributed by atoms with Crippen LogP contribution in [0.25, 0.3) is 0 Å². The number of methoxy groups -OCH3 is 1. The smallest absolute Gasteiger partial charge is 0.338 e. The van der Waals surface area contributed by atoms with Gasteiger partial charge in [0, 0.05) is 5.02 Å². The minimum Gasteiger partial charge on any atom is -0.497 e. The van der Waals surface area contributed by atoms with Crippen LogP contribution in [0, 0.1) is 12.7 Å². The normalized spacial score (nSPS) is 10.2. The van der Waals surface area contributed by atoms with Gasteiger partial charge in [-0.1, -0.05) is 11.6 Å². The van der Waals surface area contributed by atoms with Crippen LogP contribution < -0.4 is 10.1 Å². The summed E-state index contributed by atoms with van der Waals surface area (Å²) in [5, 5.41) is 2.52. The van der Waals surface area contributed by atoms with Crippen molar-refractivity contribution in [1.29, 1.82) is 0 Å². The predicted molar refractivity (Wildman–Crippen MR) is 88.1 cm³/mol. The molecule has 5 nitrogen and oxygen atoms in total. The van der Waals surface area contributed by atoms with Crippen molar-refractivity contribution in [2.45, 2.75) is 6.92 Å². The van der Waals surface area contributed by atoms with E-state index in [-0.39, 0.29) is 10.7 Å². The minimum atomic E-state index is -0.673. The van der Waals surface area contributed by atoms with E-state index in [1.165, 1.54) is 19.2 Å². The molecule has 0 saturated carbocycles. The summed E-state index contributed by atoms with van der Waals surface area (Å²) in [7, 11) is 1.52. The van der Waals surface area contributed by atoms with Gasteiger partial charge in [0.2, 0.25) is 0 Å². The first-order valence-electron chi connectivity index (χ1n) is 6.97. The topological polar surface area (TPSA) is 64.6 Å². The molecule has 1 N–H and O–H groups in total. The summed E-state index contributed by atoms with van der Waals surface area (Å²) in [6.07, 6.45) is 0. The lowest BCUT2D eigenvalue weighted by Crippen LogP contribution is -2.21. The van der Waals surface area contributed by atoms with Crippen LogP contribution in [0.2, 0.25) is 5.02 Å². The van der Waals surface area contributed by atoms with E-state index in [2.05, 4.69) is 5.32 Å². The Kier molecular flexibility index (Phi) is 5.76. The molecule has 7 heteroatoms. The summed E-state index contributed by atoms with van der Waals surface area (Å²) in [6, 6.07) is 8.68. The first-order valence-corrected chi connectivity index (χ1v) is 7.35. The highest BCUT2D eigenvalue weighted by atomic mass is 35.5. The zero-order valence-corrected chi connectivity index (χ0v) is 13.8. The average molecular weight is 352 g/mol. The molecule has 1 amide bonds. The Hall–Kier alpha value is -2.60. The van der Waals surface area contributed by atoms with Gasteiger partial charge in [0.25, 0.3) is 5.91 Å². The molecule has 0 unspecified atom stereocenters. The van der Waals surface area contributed by atoms with Gasteiger partial charge in [-0.25, -0.2) is 9.18 Å². The molecule has 0 bridgehead atoms. The molecule has 2 aromatic carbocycles. The summed E-state index contributed by atoms with van der Waals surface area (Å²) < 4.78 is 23.6. The molecule has 0 atom stereocenters. The lowest BCUT2D eigenvalue weighted by Gasteiger charge is -2.09. The zero-order valence-electron chi connectivity index (χ0n) is 13.1. The Morgan fingerprint density at radius 3 is 2.58 bits per heavy atom. The van der Waals surface area contributed by atoms with Crippen LogP contribution in [0.4, 0.5) is 10.1 Å². The van der Waals surface area contributed by atoms with E-state index in [1.54, 1.807) is 25.1 Å². The Morgan fingerprint density at radius 2 is 1.96 bits per heavy atom. The first-order chi connectivity index (χ1) is 11.4. The molecule has 24 heavy (non-hydrogen) atoms. The molecule has 0 fully saturated rings. The summed E-state index contributed by atoms with van der Waals surface area (Å²) in [6.45, 7) is 1.19. The number of rotatable bonds is 5. The third-order valence-electron chi connectivity index (χ3n) is 3.19. The maximum absolute atomic E-state index is 13.6. The maximum Gasteiger partial charge on any atom is 0.338 e. The number of carbonyl (C=O) groups is 2. The lowest BCUT2D eigenvalue weighted by atomic mass is 10.1. The Labute approximate surface area is 143 Å². The van der Waals surface area contributed by atoms with Crippen LogP contribution in [-0.4, -0.2) is 25.6 Å². The van der Waals surface area contributed by atoms with Crippen LogP contribution >= 0.6 is 11.6 Å². The van der Waals surface area contributed by atoms with Crippen molar-refractivity contribution in [2.75, 3.05) is 19.0 Å². The largest absolute Gasteiger partial charge is 0.497 e. The van der Waals surface area contributed by atoms with E-state index in [0.717, 1.165) is 6.07 Å². The molecular formula is C17H15ClFNO4. The molecule has 0 aromatic heterocycles. The second-order valence-corrected chi connectivity index (χ2v) is 5.37. The molecule has 0 saturated heterocycles. The lowest BCUT2D eigenvalue weighted by molar-refractivity contribution is -0.119. The van der Waals surface area contributed by atoms with Crippen molar-refractivity contribution in [3.63, 3.8) is 0 Å². The van der Waals surface area contributed by atoms with E-state index < -0.39 is 24.3 Å². The number of ether oxygens (including phenoxy) is 2. The van der Waals surface area contributed by atoms with Crippen molar-refractivity contribution in [2.24, 2.45) is 0 Å². The molecule has 2 rings (SSSR count). The molecule has 0 aliphatic heterocycles. The van der Waals surface area contributed by atoms with Crippen LogP contribution in [0.3, 0.4) is 0 Å². The number of aryl methyl sites for hydroxylation is 1. The van der Waals surface area contributed by atoms with E-state index in [9.17, 15) is 14.0 Å². The third kappa shape index (κ3) is 4.45. The van der Waals surface area contributed by atoms with Gasteiger partial charge < -0.3 is 14.8 Å². The van der Waals surface area contributed by atoms with Crippen molar-refractivity contribution in [1.82, 2.24) is 0 Å². The number of carbonyl (C=O) groups excluding carboxylic acids is 2. The van der Waals surface area contributed by atoms with Gasteiger partial charge in [-0.05, 0) is 48.9 Å². The van der Waals surface area contributed by atoms with Crippen molar-refractivity contribution < 1.29 is 23.5 Å². The van der Waals surface area contributed by atoms with Gasteiger partial charge >= 0.3 is 5.97 Å². The van der Waals surface area contributed by atoms with Gasteiger partial charge in [0.05, 0.1) is 18.4 Å². The molecule has 0 aliphatic carbocycles. The molecule has 0 heterocycles. The number of benzene rings is 2. The fourth-order valence-electron chi connectivity index (χ4n) is 1.98. The summed E-state index contributed by atoms with van der Waals surface area (Å²) in [4.78, 5) is 23.8. The number of esters is 1. The number of hydrogen-bond acceptors (Lipinski definition) is 4. The predicted octanol–water partition coefficient (Wildman–Crippen LogP) is 3.59. The molecule has 126 valence electrons. The first kappa shape index (κ1) is 17.7. The standard InChI is InChI=1S/C17H15ClFNO4/c1-10-7-12(23-2)4-5-13(10)17(22)24-9-16(21)20-15-6-3-11(18)8-14(15)19/h3-8H,9H2,1-2H3,(H,20,21). The highest BCUT2D eigenvalue weighted by Crippen LogP contribution is 2.19. The second-order valence-electron chi connectivity index (χ2n) is 4.93. The molecular weight excluding hydrogens is 337 g/mol. The van der Waals surface area contributed by atoms with Crippen LogP contribution in [0.5, 0.6) is 5.75 Å². The fraction of sp³-hybridized carbons (Fsp3) is 0.176. The Morgan fingerprint density at radius 1 is 1.21 bits per heavy atom. The zero-order chi connectivity index (χ0) is 17.7. The summed E-state index contributed by atoms with van der Waals surface area (Å²) >= 11 is 5.63. The van der Waals surface area contributed by atoms with Crippen LogP contribution in [0.15, 0.2) is 36.4 Å². The number of halogens is 2. The van der Waals surface area contributed by atoms with E-state index in [4.69, 9.17) is 21.1 Å². The van der Waals surface area contributed by atoms with Crippen molar-refractivity contribution >= 4 is 29.2 Å². The monoisotopic (exact) mass is 351 g/mol. The Bertz CT molecular complexity index is 779. The number of anilines is 1. The Balaban J connectivity index is 1.95. The third-order valence-corrected chi connectivity index (χ3v) is 3.43. The van der Waals surface area contributed by atoms with Gasteiger partial charge in [0.15, 0.2) is 6.61 Å². The average Bonchev–Trinajstić information content (AvgIpc) is 2.55. The highest BCUT2D eigenvalue weighted by molar-refractivity contribution is 6.30. The van der Waals surface area contributed by atoms with Gasteiger partial charge in [-0.3, -0.25) is 4.79 Å². The second kappa shape index (κ2) is 7.79. The molecule has 0 radical (unpaired) electrons. The number of amides is 1. The van der Waals surface area contributed by atoms with E-state index >= 15 is 0 Å². The van der Waals surface area contributed by atoms with E-state index in [0.29, 0.717) is 16.9 Å². The molecule has 0 spiro atoms. The van der Waals surface area contributed by atoms with Gasteiger partial charge in [0.1, 0.15) is 11.6 Å². The summed E-state index contributed by atoms with van der Waals surface area (Å²) in [5.74, 6) is -1.37. The van der Waals surface area contributed by atoms with Gasteiger partial charge in [-0.2, -0.15) is 0 Å². The quantitative estimate of drug-likeness (QED) is 0.836. The van der Waals surface area contributed by atoms with E-state index in [1.807, 2.05) is 0 Å². The minimum absolute atomic E-state index is 0.0407. The fourth-order valence-corrected chi connectivity index (χ4v) is 2.14. The number of nitrogens with one attached hydrogen (secondary N) is 1. The highest BCUT2D eigenvalue weighted by Gasteiger charge is 2.14.